The van der Waals surface area contributed by atoms with E-state index >= 15 is 0 Å². The van der Waals surface area contributed by atoms with Gasteiger partial charge in [-0.05, 0) is 66.1 Å². The lowest BCUT2D eigenvalue weighted by atomic mass is 10.0. The summed E-state index contributed by atoms with van der Waals surface area (Å²) in [6.45, 7) is 2.21. The van der Waals surface area contributed by atoms with E-state index in [0.717, 1.165) is 11.1 Å². The van der Waals surface area contributed by atoms with Crippen LogP contribution >= 0.6 is 11.3 Å². The van der Waals surface area contributed by atoms with Gasteiger partial charge < -0.3 is 14.2 Å². The van der Waals surface area contributed by atoms with Crippen molar-refractivity contribution in [3.05, 3.63) is 100 Å². The van der Waals surface area contributed by atoms with Crippen molar-refractivity contribution in [3.8, 4) is 22.6 Å². The first-order chi connectivity index (χ1) is 17.5. The largest absolute Gasteiger partial charge is 0.493 e. The van der Waals surface area contributed by atoms with Gasteiger partial charge >= 0.3 is 5.97 Å². The average Bonchev–Trinajstić information content (AvgIpc) is 3.32. The highest BCUT2D eigenvalue weighted by molar-refractivity contribution is 7.14. The van der Waals surface area contributed by atoms with Gasteiger partial charge in [0, 0.05) is 17.2 Å². The van der Waals surface area contributed by atoms with Crippen LogP contribution in [0.3, 0.4) is 0 Å². The van der Waals surface area contributed by atoms with Crippen LogP contribution in [0.5, 0.6) is 11.5 Å². The van der Waals surface area contributed by atoms with Gasteiger partial charge in [0.05, 0.1) is 13.7 Å². The van der Waals surface area contributed by atoms with Crippen molar-refractivity contribution in [2.75, 3.05) is 13.7 Å². The third kappa shape index (κ3) is 5.95. The minimum atomic E-state index is -0.493. The molecule has 0 amide bonds. The molecule has 0 atom stereocenters. The maximum Gasteiger partial charge on any atom is 0.341 e. The SMILES string of the molecule is CCOC(=O)c1c(-c2ccc(F)cc2)csc1N=Cc1ccc(OCc2ccc(F)cc2)c(OC)c1. The molecule has 4 rings (SSSR count). The molecule has 36 heavy (non-hydrogen) atoms. The maximum absolute atomic E-state index is 13.4. The number of benzene rings is 3. The standard InChI is InChI=1S/C28H23F2NO4S/c1-3-34-28(32)26-23(20-7-11-22(30)12-8-20)17-36-27(26)31-15-19-6-13-24(25(14-19)33-2)35-16-18-4-9-21(29)10-5-18/h4-15,17H,3,16H2,1-2H3. The Morgan fingerprint density at radius 3 is 2.33 bits per heavy atom. The van der Waals surface area contributed by atoms with Crippen LogP contribution in [-0.4, -0.2) is 25.9 Å². The molecule has 0 aliphatic heterocycles. The molecule has 8 heteroatoms. The summed E-state index contributed by atoms with van der Waals surface area (Å²) in [4.78, 5) is 17.3. The van der Waals surface area contributed by atoms with Gasteiger partial charge in [-0.25, -0.2) is 18.6 Å². The molecule has 0 spiro atoms. The summed E-state index contributed by atoms with van der Waals surface area (Å²) in [6.07, 6.45) is 1.62. The molecule has 0 aliphatic rings. The number of hydrogen-bond acceptors (Lipinski definition) is 6. The minimum absolute atomic E-state index is 0.220. The topological polar surface area (TPSA) is 57.1 Å². The van der Waals surface area contributed by atoms with Gasteiger partial charge in [-0.1, -0.05) is 24.3 Å². The molecule has 0 radical (unpaired) electrons. The van der Waals surface area contributed by atoms with Crippen LogP contribution in [0.4, 0.5) is 13.8 Å². The molecule has 184 valence electrons. The second-order valence-electron chi connectivity index (χ2n) is 7.64. The number of carbonyl (C=O) groups excluding carboxylic acids is 1. The lowest BCUT2D eigenvalue weighted by molar-refractivity contribution is 0.0529. The van der Waals surface area contributed by atoms with E-state index in [2.05, 4.69) is 4.99 Å². The van der Waals surface area contributed by atoms with E-state index in [0.29, 0.717) is 33.2 Å². The zero-order chi connectivity index (χ0) is 25.5. The fourth-order valence-electron chi connectivity index (χ4n) is 3.44. The van der Waals surface area contributed by atoms with E-state index in [1.807, 2.05) is 6.07 Å². The van der Waals surface area contributed by atoms with Gasteiger partial charge in [-0.15, -0.1) is 11.3 Å². The number of methoxy groups -OCH3 is 1. The summed E-state index contributed by atoms with van der Waals surface area (Å²) < 4.78 is 43.0. The summed E-state index contributed by atoms with van der Waals surface area (Å²) in [5.41, 5.74) is 3.21. The minimum Gasteiger partial charge on any atom is -0.493 e. The van der Waals surface area contributed by atoms with Crippen LogP contribution in [0.25, 0.3) is 11.1 Å². The van der Waals surface area contributed by atoms with E-state index < -0.39 is 5.97 Å². The van der Waals surface area contributed by atoms with Crippen molar-refractivity contribution >= 4 is 28.5 Å². The molecule has 0 aliphatic carbocycles. The molecule has 4 aromatic rings. The van der Waals surface area contributed by atoms with E-state index in [1.165, 1.54) is 42.7 Å². The first kappa shape index (κ1) is 25.1. The van der Waals surface area contributed by atoms with Gasteiger partial charge in [0.1, 0.15) is 28.8 Å². The highest BCUT2D eigenvalue weighted by Crippen LogP contribution is 2.38. The Hall–Kier alpha value is -4.04. The zero-order valence-electron chi connectivity index (χ0n) is 19.7. The molecule has 0 saturated carbocycles. The number of carbonyl (C=O) groups is 1. The highest BCUT2D eigenvalue weighted by Gasteiger charge is 2.21. The molecule has 0 bridgehead atoms. The predicted octanol–water partition coefficient (Wildman–Crippen LogP) is 7.21. The van der Waals surface area contributed by atoms with Crippen LogP contribution in [-0.2, 0) is 11.3 Å². The van der Waals surface area contributed by atoms with E-state index in [-0.39, 0.29) is 24.8 Å². The fraction of sp³-hybridized carbons (Fsp3) is 0.143. The molecular formula is C28H23F2NO4S. The maximum atomic E-state index is 13.4. The van der Waals surface area contributed by atoms with E-state index in [9.17, 15) is 13.6 Å². The fourth-order valence-corrected chi connectivity index (χ4v) is 4.35. The molecule has 1 aromatic heterocycles. The van der Waals surface area contributed by atoms with Crippen LogP contribution in [0.2, 0.25) is 0 Å². The van der Waals surface area contributed by atoms with Crippen molar-refractivity contribution in [2.45, 2.75) is 13.5 Å². The Morgan fingerprint density at radius 1 is 0.972 bits per heavy atom. The number of ether oxygens (including phenoxy) is 3. The molecule has 0 unspecified atom stereocenters. The highest BCUT2D eigenvalue weighted by atomic mass is 32.1. The summed E-state index contributed by atoms with van der Waals surface area (Å²) in [7, 11) is 1.54. The molecule has 3 aromatic carbocycles. The van der Waals surface area contributed by atoms with Gasteiger partial charge in [0.25, 0.3) is 0 Å². The van der Waals surface area contributed by atoms with Crippen molar-refractivity contribution in [1.29, 1.82) is 0 Å². The van der Waals surface area contributed by atoms with Crippen molar-refractivity contribution in [2.24, 2.45) is 4.99 Å². The van der Waals surface area contributed by atoms with E-state index in [4.69, 9.17) is 14.2 Å². The van der Waals surface area contributed by atoms with E-state index in [1.54, 1.807) is 54.9 Å². The van der Waals surface area contributed by atoms with Crippen LogP contribution in [0, 0.1) is 11.6 Å². The molecule has 5 nitrogen and oxygen atoms in total. The third-order valence-corrected chi connectivity index (χ3v) is 6.12. The summed E-state index contributed by atoms with van der Waals surface area (Å²) >= 11 is 1.29. The van der Waals surface area contributed by atoms with Gasteiger partial charge in [-0.2, -0.15) is 0 Å². The number of hydrogen-bond donors (Lipinski definition) is 0. The Kier molecular flexibility index (Phi) is 8.07. The number of thiophene rings is 1. The van der Waals surface area contributed by atoms with Crippen molar-refractivity contribution in [3.63, 3.8) is 0 Å². The normalized spacial score (nSPS) is 11.0. The average molecular weight is 508 g/mol. The van der Waals surface area contributed by atoms with Crippen LogP contribution in [0.15, 0.2) is 77.1 Å². The smallest absolute Gasteiger partial charge is 0.341 e. The van der Waals surface area contributed by atoms with Crippen LogP contribution in [0.1, 0.15) is 28.4 Å². The number of rotatable bonds is 9. The lowest BCUT2D eigenvalue weighted by Crippen LogP contribution is -2.05. The Morgan fingerprint density at radius 2 is 1.67 bits per heavy atom. The first-order valence-electron chi connectivity index (χ1n) is 11.1. The number of aliphatic imine (C=N–C) groups is 1. The predicted molar refractivity (Wildman–Crippen MR) is 137 cm³/mol. The van der Waals surface area contributed by atoms with Gasteiger partial charge in [0.15, 0.2) is 11.5 Å². The van der Waals surface area contributed by atoms with Gasteiger partial charge in [-0.3, -0.25) is 0 Å². The Bertz CT molecular complexity index is 1370. The second-order valence-corrected chi connectivity index (χ2v) is 8.50. The number of esters is 1. The monoisotopic (exact) mass is 507 g/mol. The molecule has 0 N–H and O–H groups in total. The molecule has 0 fully saturated rings. The number of halogens is 2. The summed E-state index contributed by atoms with van der Waals surface area (Å²) in [5.74, 6) is -0.122. The Balaban J connectivity index is 1.57. The number of nitrogens with zero attached hydrogens (tertiary/aromatic N) is 1. The van der Waals surface area contributed by atoms with Crippen molar-refractivity contribution in [1.82, 2.24) is 0 Å². The van der Waals surface area contributed by atoms with Crippen molar-refractivity contribution < 1.29 is 27.8 Å². The zero-order valence-corrected chi connectivity index (χ0v) is 20.5. The summed E-state index contributed by atoms with van der Waals surface area (Å²) in [5, 5.41) is 2.28. The quantitative estimate of drug-likeness (QED) is 0.177. The third-order valence-electron chi connectivity index (χ3n) is 5.23. The molecule has 1 heterocycles. The lowest BCUT2D eigenvalue weighted by Gasteiger charge is -2.11. The van der Waals surface area contributed by atoms with Crippen LogP contribution < -0.4 is 9.47 Å². The summed E-state index contributed by atoms with van der Waals surface area (Å²) in [6, 6.07) is 17.3. The first-order valence-corrected chi connectivity index (χ1v) is 12.0. The Labute approximate surface area is 211 Å². The second kappa shape index (κ2) is 11.6. The molecule has 0 saturated heterocycles. The molecular weight excluding hydrogens is 484 g/mol. The van der Waals surface area contributed by atoms with Gasteiger partial charge in [0.2, 0.25) is 0 Å².